The highest BCUT2D eigenvalue weighted by Gasteiger charge is 2.54. The van der Waals surface area contributed by atoms with Crippen molar-refractivity contribution in [1.29, 1.82) is 0 Å². The third-order valence-electron chi connectivity index (χ3n) is 6.78. The lowest BCUT2D eigenvalue weighted by Crippen LogP contribution is -2.56. The summed E-state index contributed by atoms with van der Waals surface area (Å²) in [6, 6.07) is 5.20. The Morgan fingerprint density at radius 1 is 1.17 bits per heavy atom. The van der Waals surface area contributed by atoms with E-state index in [4.69, 9.17) is 11.6 Å². The van der Waals surface area contributed by atoms with Gasteiger partial charge in [0.1, 0.15) is 12.1 Å². The van der Waals surface area contributed by atoms with Gasteiger partial charge in [-0.3, -0.25) is 14.4 Å². The summed E-state index contributed by atoms with van der Waals surface area (Å²) in [7, 11) is 3.28. The Balaban J connectivity index is 0.000000291. The van der Waals surface area contributed by atoms with Gasteiger partial charge in [-0.2, -0.15) is 0 Å². The smallest absolute Gasteiger partial charge is 0.246 e. The predicted octanol–water partition coefficient (Wildman–Crippen LogP) is 2.99. The van der Waals surface area contributed by atoms with Gasteiger partial charge in [0.05, 0.1) is 11.9 Å². The van der Waals surface area contributed by atoms with E-state index in [0.29, 0.717) is 6.42 Å². The molecular weight excluding hydrogens is 496 g/mol. The Morgan fingerprint density at radius 3 is 2.47 bits per heavy atom. The zero-order chi connectivity index (χ0) is 26.9. The van der Waals surface area contributed by atoms with Crippen LogP contribution in [-0.4, -0.2) is 66.5 Å². The summed E-state index contributed by atoms with van der Waals surface area (Å²) in [5, 5.41) is 9.11. The number of nitrogens with one attached hydrogen (secondary N) is 3. The maximum absolute atomic E-state index is 13.0. The molecule has 2 heterocycles. The van der Waals surface area contributed by atoms with Crippen LogP contribution in [0, 0.1) is 18.3 Å². The summed E-state index contributed by atoms with van der Waals surface area (Å²) in [4.78, 5) is 38.9. The first kappa shape index (κ1) is 30.0. The minimum atomic E-state index is -0.561. The van der Waals surface area contributed by atoms with Crippen LogP contribution in [0.5, 0.6) is 0 Å². The van der Waals surface area contributed by atoms with Crippen LogP contribution in [0.3, 0.4) is 0 Å². The van der Waals surface area contributed by atoms with Crippen molar-refractivity contribution in [3.63, 3.8) is 0 Å². The van der Waals surface area contributed by atoms with Gasteiger partial charge in [0, 0.05) is 12.1 Å². The molecule has 1 aromatic carbocycles. The lowest BCUT2D eigenvalue weighted by molar-refractivity contribution is -0.143. The molecule has 9 heteroatoms. The van der Waals surface area contributed by atoms with E-state index < -0.39 is 12.1 Å². The summed E-state index contributed by atoms with van der Waals surface area (Å²) < 4.78 is 0. The molecule has 2 aliphatic heterocycles. The second kappa shape index (κ2) is 13.9. The van der Waals surface area contributed by atoms with Crippen LogP contribution in [0.25, 0.3) is 0 Å². The van der Waals surface area contributed by atoms with Crippen LogP contribution in [-0.2, 0) is 27.2 Å². The Hall–Kier alpha value is -2.21. The van der Waals surface area contributed by atoms with Gasteiger partial charge in [0.2, 0.25) is 17.7 Å². The molecule has 3 atom stereocenters. The van der Waals surface area contributed by atoms with Crippen LogP contribution in [0.1, 0.15) is 50.7 Å². The zero-order valence-corrected chi connectivity index (χ0v) is 23.3. The van der Waals surface area contributed by atoms with Crippen molar-refractivity contribution in [2.24, 2.45) is 5.41 Å². The van der Waals surface area contributed by atoms with Crippen LogP contribution in [0.4, 0.5) is 0 Å². The number of terminal acetylenes is 1. The topological polar surface area (TPSA) is 90.5 Å². The van der Waals surface area contributed by atoms with E-state index in [-0.39, 0.29) is 35.1 Å². The van der Waals surface area contributed by atoms with Crippen molar-refractivity contribution in [3.05, 3.63) is 34.3 Å². The number of hydrogen-bond donors (Lipinski definition) is 3. The van der Waals surface area contributed by atoms with Gasteiger partial charge in [0.15, 0.2) is 0 Å². The molecule has 0 radical (unpaired) electrons. The molecule has 2 fully saturated rings. The highest BCUT2D eigenvalue weighted by molar-refractivity contribution is 7.99. The molecule has 2 unspecified atom stereocenters. The Bertz CT molecular complexity index is 952. The number of benzene rings is 1. The standard InChI is InChI=1S/C15H26N4O3S.C10H11Cl.C2H2/c1-15(2)7-11-19(12(15)13(21)17-4)14(22)9(5-6-23-11)18-10(20)8-16-3;11-10-6-5-8-3-1-2-4-9(8)7-10;1-2/h9,11-12,16H,5-8H2,1-4H3,(H,17,21)(H,18,20);5-7H,1-4H2;1-2H/t9?,11?,12-;;/m1../s1. The molecule has 36 heavy (non-hydrogen) atoms. The van der Waals surface area contributed by atoms with E-state index in [9.17, 15) is 14.4 Å². The summed E-state index contributed by atoms with van der Waals surface area (Å²) >= 11 is 7.57. The van der Waals surface area contributed by atoms with Gasteiger partial charge >= 0.3 is 0 Å². The van der Waals surface area contributed by atoms with E-state index >= 15 is 0 Å². The summed E-state index contributed by atoms with van der Waals surface area (Å²) in [5.41, 5.74) is 2.67. The number of rotatable bonds is 4. The minimum Gasteiger partial charge on any atom is -0.357 e. The zero-order valence-electron chi connectivity index (χ0n) is 21.7. The monoisotopic (exact) mass is 534 g/mol. The van der Waals surface area contributed by atoms with Crippen molar-refractivity contribution in [2.75, 3.05) is 26.4 Å². The maximum atomic E-state index is 13.0. The molecule has 0 bridgehead atoms. The van der Waals surface area contributed by atoms with Gasteiger partial charge < -0.3 is 20.9 Å². The van der Waals surface area contributed by atoms with Crippen molar-refractivity contribution >= 4 is 41.1 Å². The summed E-state index contributed by atoms with van der Waals surface area (Å²) in [5.74, 6) is 0.287. The van der Waals surface area contributed by atoms with E-state index in [2.05, 4.69) is 40.9 Å². The van der Waals surface area contributed by atoms with Crippen molar-refractivity contribution in [3.8, 4) is 12.8 Å². The predicted molar refractivity (Wildman–Crippen MR) is 148 cm³/mol. The number of thioether (sulfide) groups is 1. The van der Waals surface area contributed by atoms with Gasteiger partial charge in [-0.25, -0.2) is 0 Å². The Kier molecular flexibility index (Phi) is 11.6. The third kappa shape index (κ3) is 7.41. The molecule has 1 aliphatic carbocycles. The number of carbonyl (C=O) groups excluding carboxylic acids is 3. The van der Waals surface area contributed by atoms with Crippen LogP contribution >= 0.6 is 23.4 Å². The normalized spacial score (nSPS) is 23.9. The van der Waals surface area contributed by atoms with Crippen molar-refractivity contribution in [2.45, 2.75) is 69.8 Å². The molecular formula is C27H39ClN4O3S. The lowest BCUT2D eigenvalue weighted by Gasteiger charge is -2.33. The van der Waals surface area contributed by atoms with Crippen LogP contribution in [0.2, 0.25) is 5.02 Å². The lowest BCUT2D eigenvalue weighted by atomic mass is 9.84. The van der Waals surface area contributed by atoms with E-state index in [1.165, 1.54) is 36.8 Å². The SMILES string of the molecule is C#C.CNCC(=O)NC1CCSC2CC(C)(C)[C@@H](C(=O)NC)N2C1=O.Clc1ccc2c(c1)CCCC2. The number of fused-ring (bicyclic) bond motifs is 2. The van der Waals surface area contributed by atoms with Crippen LogP contribution < -0.4 is 16.0 Å². The summed E-state index contributed by atoms with van der Waals surface area (Å²) in [6.07, 6.45) is 14.5. The van der Waals surface area contributed by atoms with Crippen molar-refractivity contribution < 1.29 is 14.4 Å². The fourth-order valence-electron chi connectivity index (χ4n) is 5.10. The molecule has 7 nitrogen and oxygen atoms in total. The number of likely N-dealkylation sites (N-methyl/N-ethyl adjacent to an activating group) is 2. The molecule has 0 aromatic heterocycles. The minimum absolute atomic E-state index is 0.00833. The van der Waals surface area contributed by atoms with Gasteiger partial charge in [0.25, 0.3) is 0 Å². The maximum Gasteiger partial charge on any atom is 0.246 e. The molecule has 3 amide bonds. The van der Waals surface area contributed by atoms with Gasteiger partial charge in [-0.1, -0.05) is 31.5 Å². The molecule has 198 valence electrons. The van der Waals surface area contributed by atoms with Gasteiger partial charge in [-0.05, 0) is 80.0 Å². The molecule has 2 saturated heterocycles. The number of halogens is 1. The average Bonchev–Trinajstić information content (AvgIpc) is 3.05. The largest absolute Gasteiger partial charge is 0.357 e. The molecule has 0 saturated carbocycles. The van der Waals surface area contributed by atoms with E-state index in [0.717, 1.165) is 17.2 Å². The fraction of sp³-hybridized carbons (Fsp3) is 0.593. The molecule has 4 rings (SSSR count). The van der Waals surface area contributed by atoms with E-state index in [1.54, 1.807) is 30.8 Å². The second-order valence-electron chi connectivity index (χ2n) is 9.84. The van der Waals surface area contributed by atoms with Crippen LogP contribution in [0.15, 0.2) is 18.2 Å². The third-order valence-corrected chi connectivity index (χ3v) is 8.26. The molecule has 3 aliphatic rings. The fourth-order valence-corrected chi connectivity index (χ4v) is 6.87. The average molecular weight is 535 g/mol. The first-order chi connectivity index (χ1) is 17.2. The highest BCUT2D eigenvalue weighted by Crippen LogP contribution is 2.46. The number of carbonyl (C=O) groups is 3. The van der Waals surface area contributed by atoms with Gasteiger partial charge in [-0.15, -0.1) is 24.6 Å². The quantitative estimate of drug-likeness (QED) is 0.517. The Labute approximate surface area is 224 Å². The second-order valence-corrected chi connectivity index (χ2v) is 11.6. The molecule has 1 aromatic rings. The first-order valence-electron chi connectivity index (χ1n) is 12.4. The highest BCUT2D eigenvalue weighted by atomic mass is 35.5. The first-order valence-corrected chi connectivity index (χ1v) is 13.8. The van der Waals surface area contributed by atoms with E-state index in [1.807, 2.05) is 19.9 Å². The Morgan fingerprint density at radius 2 is 1.83 bits per heavy atom. The van der Waals surface area contributed by atoms with Crippen molar-refractivity contribution in [1.82, 2.24) is 20.9 Å². The number of hydrogen-bond acceptors (Lipinski definition) is 5. The molecule has 0 spiro atoms. The summed E-state index contributed by atoms with van der Waals surface area (Å²) in [6.45, 7) is 4.21. The number of nitrogens with zero attached hydrogens (tertiary/aromatic N) is 1. The number of amides is 3. The molecule has 3 N–H and O–H groups in total. The number of aryl methyl sites for hydroxylation is 2.